The number of benzene rings is 2. The number of aromatic nitrogens is 2. The monoisotopic (exact) mass is 461 g/mol. The van der Waals surface area contributed by atoms with Gasteiger partial charge in [-0.2, -0.15) is 0 Å². The summed E-state index contributed by atoms with van der Waals surface area (Å²) in [4.78, 5) is 31.4. The van der Waals surface area contributed by atoms with Crippen LogP contribution in [0.2, 0.25) is 0 Å². The zero-order chi connectivity index (χ0) is 18.5. The largest absolute Gasteiger partial charge is 0.497 e. The number of aromatic amines is 1. The van der Waals surface area contributed by atoms with Gasteiger partial charge in [0.05, 0.1) is 12.8 Å². The fraction of sp³-hybridized carbons (Fsp3) is 0.105. The predicted molar refractivity (Wildman–Crippen MR) is 108 cm³/mol. The number of nitrogens with one attached hydrogen (secondary N) is 2. The van der Waals surface area contributed by atoms with Crippen molar-refractivity contribution in [2.75, 3.05) is 12.4 Å². The molecule has 0 unspecified atom stereocenters. The van der Waals surface area contributed by atoms with Crippen LogP contribution in [0.5, 0.6) is 5.75 Å². The second-order valence-electron chi connectivity index (χ2n) is 5.54. The molecule has 1 amide bonds. The van der Waals surface area contributed by atoms with Crippen LogP contribution >= 0.6 is 22.6 Å². The number of carbonyl (C=O) groups is 1. The first-order valence-corrected chi connectivity index (χ1v) is 8.92. The van der Waals surface area contributed by atoms with E-state index in [0.717, 1.165) is 14.9 Å². The Balaban J connectivity index is 1.81. The minimum Gasteiger partial charge on any atom is -0.497 e. The Bertz CT molecular complexity index is 984. The van der Waals surface area contributed by atoms with Crippen LogP contribution in [0, 0.1) is 3.57 Å². The maximum absolute atomic E-state index is 12.5. The van der Waals surface area contributed by atoms with E-state index in [-0.39, 0.29) is 11.3 Å². The van der Waals surface area contributed by atoms with Crippen LogP contribution in [-0.4, -0.2) is 23.0 Å². The van der Waals surface area contributed by atoms with Crippen LogP contribution in [-0.2, 0) is 6.42 Å². The molecule has 3 aromatic rings. The van der Waals surface area contributed by atoms with Gasteiger partial charge in [0.2, 0.25) is 0 Å². The van der Waals surface area contributed by atoms with Gasteiger partial charge in [-0.15, -0.1) is 0 Å². The molecule has 0 fully saturated rings. The molecule has 0 saturated carbocycles. The number of hydrogen-bond donors (Lipinski definition) is 2. The molecule has 2 N–H and O–H groups in total. The summed E-state index contributed by atoms with van der Waals surface area (Å²) in [6, 6.07) is 16.0. The number of anilines is 1. The number of nitrogens with zero attached hydrogens (tertiary/aromatic N) is 1. The average molecular weight is 461 g/mol. The van der Waals surface area contributed by atoms with Crippen molar-refractivity contribution in [3.8, 4) is 5.75 Å². The molecule has 0 bridgehead atoms. The van der Waals surface area contributed by atoms with Crippen LogP contribution in [0.15, 0.2) is 59.4 Å². The molecule has 26 heavy (non-hydrogen) atoms. The van der Waals surface area contributed by atoms with Crippen LogP contribution in [0.25, 0.3) is 0 Å². The lowest BCUT2D eigenvalue weighted by Crippen LogP contribution is -2.20. The lowest BCUT2D eigenvalue weighted by Gasteiger charge is -2.08. The summed E-state index contributed by atoms with van der Waals surface area (Å²) < 4.78 is 6.03. The third-order valence-corrected chi connectivity index (χ3v) is 4.62. The third kappa shape index (κ3) is 4.48. The van der Waals surface area contributed by atoms with Gasteiger partial charge in [-0.3, -0.25) is 9.59 Å². The van der Waals surface area contributed by atoms with Crippen molar-refractivity contribution in [1.82, 2.24) is 9.97 Å². The highest BCUT2D eigenvalue weighted by atomic mass is 127. The smallest absolute Gasteiger partial charge is 0.274 e. The topological polar surface area (TPSA) is 84.1 Å². The van der Waals surface area contributed by atoms with E-state index in [0.29, 0.717) is 17.9 Å². The van der Waals surface area contributed by atoms with E-state index in [1.54, 1.807) is 13.2 Å². The molecule has 2 aromatic carbocycles. The summed E-state index contributed by atoms with van der Waals surface area (Å²) in [5.74, 6) is 0.757. The van der Waals surface area contributed by atoms with E-state index < -0.39 is 5.91 Å². The van der Waals surface area contributed by atoms with Gasteiger partial charge in [0.25, 0.3) is 11.5 Å². The molecular formula is C19H16IN3O3. The Morgan fingerprint density at radius 2 is 1.92 bits per heavy atom. The summed E-state index contributed by atoms with van der Waals surface area (Å²) in [5, 5.41) is 2.78. The number of halogens is 1. The van der Waals surface area contributed by atoms with Crippen molar-refractivity contribution in [2.24, 2.45) is 0 Å². The molecule has 3 rings (SSSR count). The Labute approximate surface area is 163 Å². The van der Waals surface area contributed by atoms with Crippen molar-refractivity contribution in [1.29, 1.82) is 0 Å². The summed E-state index contributed by atoms with van der Waals surface area (Å²) in [7, 11) is 1.60. The van der Waals surface area contributed by atoms with Gasteiger partial charge in [0.1, 0.15) is 17.3 Å². The molecule has 0 radical (unpaired) electrons. The number of rotatable bonds is 5. The standard InChI is InChI=1S/C19H16IN3O3/c1-26-13-8-6-12(7-9-13)10-17-21-16(11-18(24)23-17)19(25)22-15-5-3-2-4-14(15)20/h2-9,11H,10H2,1H3,(H,22,25)(H,21,23,24). The molecule has 6 nitrogen and oxygen atoms in total. The Morgan fingerprint density at radius 3 is 2.62 bits per heavy atom. The van der Waals surface area contributed by atoms with E-state index in [2.05, 4.69) is 37.9 Å². The van der Waals surface area contributed by atoms with Crippen molar-refractivity contribution < 1.29 is 9.53 Å². The second kappa shape index (κ2) is 8.13. The number of methoxy groups -OCH3 is 1. The van der Waals surface area contributed by atoms with E-state index in [4.69, 9.17) is 4.74 Å². The number of hydrogen-bond acceptors (Lipinski definition) is 4. The number of ether oxygens (including phenoxy) is 1. The van der Waals surface area contributed by atoms with Crippen LogP contribution in [0.3, 0.4) is 0 Å². The molecule has 0 saturated heterocycles. The summed E-state index contributed by atoms with van der Waals surface area (Å²) in [6.45, 7) is 0. The highest BCUT2D eigenvalue weighted by molar-refractivity contribution is 14.1. The molecule has 0 aliphatic rings. The number of amides is 1. The molecule has 0 atom stereocenters. The van der Waals surface area contributed by atoms with Gasteiger partial charge in [-0.25, -0.2) is 4.98 Å². The van der Waals surface area contributed by atoms with Crippen molar-refractivity contribution in [3.05, 3.63) is 85.6 Å². The summed E-state index contributed by atoms with van der Waals surface area (Å²) in [5.41, 5.74) is 1.34. The normalized spacial score (nSPS) is 10.4. The van der Waals surface area contributed by atoms with E-state index >= 15 is 0 Å². The van der Waals surface area contributed by atoms with Gasteiger partial charge in [0.15, 0.2) is 0 Å². The fourth-order valence-electron chi connectivity index (χ4n) is 2.39. The zero-order valence-corrected chi connectivity index (χ0v) is 16.1. The molecule has 1 heterocycles. The molecule has 1 aromatic heterocycles. The molecule has 7 heteroatoms. The number of carbonyl (C=O) groups excluding carboxylic acids is 1. The van der Waals surface area contributed by atoms with Gasteiger partial charge < -0.3 is 15.0 Å². The fourth-order valence-corrected chi connectivity index (χ4v) is 2.92. The molecular weight excluding hydrogens is 445 g/mol. The van der Waals surface area contributed by atoms with Crippen molar-refractivity contribution >= 4 is 34.2 Å². The number of H-pyrrole nitrogens is 1. The summed E-state index contributed by atoms with van der Waals surface area (Å²) >= 11 is 2.13. The van der Waals surface area contributed by atoms with Gasteiger partial charge in [-0.1, -0.05) is 24.3 Å². The van der Waals surface area contributed by atoms with E-state index in [1.807, 2.05) is 42.5 Å². The van der Waals surface area contributed by atoms with E-state index in [1.165, 1.54) is 6.07 Å². The highest BCUT2D eigenvalue weighted by Gasteiger charge is 2.12. The first-order chi connectivity index (χ1) is 12.5. The predicted octanol–water partition coefficient (Wildman–Crippen LogP) is 3.23. The minimum absolute atomic E-state index is 0.0805. The average Bonchev–Trinajstić information content (AvgIpc) is 2.64. The third-order valence-electron chi connectivity index (χ3n) is 3.68. The van der Waals surface area contributed by atoms with Gasteiger partial charge in [0, 0.05) is 16.1 Å². The van der Waals surface area contributed by atoms with E-state index in [9.17, 15) is 9.59 Å². The SMILES string of the molecule is COc1ccc(Cc2nc(C(=O)Nc3ccccc3I)cc(=O)[nH]2)cc1. The molecule has 0 aliphatic heterocycles. The Hall–Kier alpha value is -2.68. The maximum atomic E-state index is 12.5. The van der Waals surface area contributed by atoms with Crippen molar-refractivity contribution in [3.63, 3.8) is 0 Å². The first-order valence-electron chi connectivity index (χ1n) is 7.84. The minimum atomic E-state index is -0.420. The second-order valence-corrected chi connectivity index (χ2v) is 6.70. The van der Waals surface area contributed by atoms with Crippen LogP contribution in [0.1, 0.15) is 21.9 Å². The molecule has 132 valence electrons. The first kappa shape index (κ1) is 18.1. The van der Waals surface area contributed by atoms with Crippen molar-refractivity contribution in [2.45, 2.75) is 6.42 Å². The number of para-hydroxylation sites is 1. The zero-order valence-electron chi connectivity index (χ0n) is 14.0. The maximum Gasteiger partial charge on any atom is 0.274 e. The molecule has 0 aliphatic carbocycles. The van der Waals surface area contributed by atoms with Gasteiger partial charge in [-0.05, 0) is 52.4 Å². The lowest BCUT2D eigenvalue weighted by atomic mass is 10.1. The lowest BCUT2D eigenvalue weighted by molar-refractivity contribution is 0.102. The summed E-state index contributed by atoms with van der Waals surface area (Å²) in [6.07, 6.45) is 0.406. The molecule has 0 spiro atoms. The Morgan fingerprint density at radius 1 is 1.19 bits per heavy atom. The quantitative estimate of drug-likeness (QED) is 0.572. The van der Waals surface area contributed by atoms with Crippen LogP contribution in [0.4, 0.5) is 5.69 Å². The van der Waals surface area contributed by atoms with Crippen LogP contribution < -0.4 is 15.6 Å². The highest BCUT2D eigenvalue weighted by Crippen LogP contribution is 2.18. The van der Waals surface area contributed by atoms with Gasteiger partial charge >= 0.3 is 0 Å². The Kier molecular flexibility index (Phi) is 5.67.